The Hall–Kier alpha value is -1.58. The fourth-order valence-corrected chi connectivity index (χ4v) is 3.93. The Morgan fingerprint density at radius 2 is 1.65 bits per heavy atom. The second-order valence-electron chi connectivity index (χ2n) is 4.72. The third-order valence-corrected chi connectivity index (χ3v) is 4.74. The lowest BCUT2D eigenvalue weighted by Gasteiger charge is -2.11. The fraction of sp³-hybridized carbons (Fsp3) is 0.118. The quantitative estimate of drug-likeness (QED) is 0.626. The van der Waals surface area contributed by atoms with Crippen LogP contribution in [0.15, 0.2) is 63.1 Å². The SMILES string of the molecule is Cc1cc(Sc2ccccc2)cc(C)c1-c1cscn1. The Labute approximate surface area is 127 Å². The van der Waals surface area contributed by atoms with Gasteiger partial charge < -0.3 is 0 Å². The first-order valence-electron chi connectivity index (χ1n) is 6.47. The van der Waals surface area contributed by atoms with Gasteiger partial charge in [0.2, 0.25) is 0 Å². The zero-order valence-electron chi connectivity index (χ0n) is 11.5. The molecule has 3 rings (SSSR count). The molecule has 0 spiro atoms. The molecule has 0 unspecified atom stereocenters. The Bertz CT molecular complexity index is 680. The highest BCUT2D eigenvalue weighted by Crippen LogP contribution is 2.34. The van der Waals surface area contributed by atoms with Crippen molar-refractivity contribution in [1.82, 2.24) is 4.98 Å². The first-order chi connectivity index (χ1) is 9.74. The van der Waals surface area contributed by atoms with Crippen LogP contribution in [0.3, 0.4) is 0 Å². The molecule has 0 saturated carbocycles. The van der Waals surface area contributed by atoms with E-state index in [2.05, 4.69) is 60.6 Å². The summed E-state index contributed by atoms with van der Waals surface area (Å²) in [5.41, 5.74) is 6.81. The smallest absolute Gasteiger partial charge is 0.0816 e. The van der Waals surface area contributed by atoms with Crippen molar-refractivity contribution < 1.29 is 0 Å². The van der Waals surface area contributed by atoms with Gasteiger partial charge in [0, 0.05) is 20.7 Å². The first-order valence-corrected chi connectivity index (χ1v) is 8.22. The van der Waals surface area contributed by atoms with Crippen LogP contribution in [0.4, 0.5) is 0 Å². The zero-order valence-corrected chi connectivity index (χ0v) is 13.1. The predicted molar refractivity (Wildman–Crippen MR) is 87.6 cm³/mol. The summed E-state index contributed by atoms with van der Waals surface area (Å²) in [5.74, 6) is 0. The van der Waals surface area contributed by atoms with Gasteiger partial charge in [0.05, 0.1) is 11.2 Å². The van der Waals surface area contributed by atoms with Crippen molar-refractivity contribution in [3.63, 3.8) is 0 Å². The molecule has 0 radical (unpaired) electrons. The zero-order chi connectivity index (χ0) is 13.9. The molecule has 0 N–H and O–H groups in total. The third kappa shape index (κ3) is 2.79. The van der Waals surface area contributed by atoms with E-state index < -0.39 is 0 Å². The lowest BCUT2D eigenvalue weighted by molar-refractivity contribution is 1.26. The van der Waals surface area contributed by atoms with Crippen LogP contribution in [0.2, 0.25) is 0 Å². The number of rotatable bonds is 3. The molecule has 1 nitrogen and oxygen atoms in total. The van der Waals surface area contributed by atoms with Crippen LogP contribution < -0.4 is 0 Å². The van der Waals surface area contributed by atoms with E-state index in [9.17, 15) is 0 Å². The molecule has 0 aliphatic heterocycles. The molecule has 1 aromatic heterocycles. The summed E-state index contributed by atoms with van der Waals surface area (Å²) in [6.45, 7) is 4.33. The van der Waals surface area contributed by atoms with Crippen LogP contribution >= 0.6 is 23.1 Å². The summed E-state index contributed by atoms with van der Waals surface area (Å²) in [7, 11) is 0. The molecule has 1 heterocycles. The van der Waals surface area contributed by atoms with Gasteiger partial charge >= 0.3 is 0 Å². The molecule has 3 heteroatoms. The van der Waals surface area contributed by atoms with E-state index in [0.29, 0.717) is 0 Å². The Kier molecular flexibility index (Phi) is 3.90. The van der Waals surface area contributed by atoms with Gasteiger partial charge in [0.1, 0.15) is 0 Å². The average molecular weight is 297 g/mol. The second-order valence-corrected chi connectivity index (χ2v) is 6.59. The largest absolute Gasteiger partial charge is 0.245 e. The number of aromatic nitrogens is 1. The van der Waals surface area contributed by atoms with Crippen LogP contribution in [-0.4, -0.2) is 4.98 Å². The van der Waals surface area contributed by atoms with Crippen LogP contribution in [-0.2, 0) is 0 Å². The number of hydrogen-bond donors (Lipinski definition) is 0. The van der Waals surface area contributed by atoms with Crippen molar-refractivity contribution in [2.45, 2.75) is 23.6 Å². The predicted octanol–water partition coefficient (Wildman–Crippen LogP) is 5.58. The summed E-state index contributed by atoms with van der Waals surface area (Å²) < 4.78 is 0. The molecule has 0 amide bonds. The van der Waals surface area contributed by atoms with Crippen molar-refractivity contribution in [3.05, 3.63) is 64.5 Å². The molecule has 2 aromatic carbocycles. The highest BCUT2D eigenvalue weighted by molar-refractivity contribution is 7.99. The lowest BCUT2D eigenvalue weighted by atomic mass is 10.0. The minimum absolute atomic E-state index is 1.08. The molecule has 0 aliphatic carbocycles. The van der Waals surface area contributed by atoms with Gasteiger partial charge in [-0.2, -0.15) is 0 Å². The Morgan fingerprint density at radius 3 is 2.25 bits per heavy atom. The molecule has 0 bridgehead atoms. The van der Waals surface area contributed by atoms with Gasteiger partial charge in [-0.15, -0.1) is 11.3 Å². The number of hydrogen-bond acceptors (Lipinski definition) is 3. The minimum atomic E-state index is 1.08. The molecule has 100 valence electrons. The van der Waals surface area contributed by atoms with Gasteiger partial charge in [-0.05, 0) is 49.2 Å². The molecule has 0 fully saturated rings. The van der Waals surface area contributed by atoms with Crippen molar-refractivity contribution in [2.75, 3.05) is 0 Å². The normalized spacial score (nSPS) is 10.7. The standard InChI is InChI=1S/C17H15NS2/c1-12-8-15(20-14-6-4-3-5-7-14)9-13(2)17(12)16-10-19-11-18-16/h3-11H,1-2H3. The van der Waals surface area contributed by atoms with Gasteiger partial charge in [-0.1, -0.05) is 30.0 Å². The molecule has 0 aliphatic rings. The maximum atomic E-state index is 4.43. The van der Waals surface area contributed by atoms with Gasteiger partial charge in [-0.25, -0.2) is 4.98 Å². The van der Waals surface area contributed by atoms with Crippen molar-refractivity contribution in [3.8, 4) is 11.3 Å². The van der Waals surface area contributed by atoms with E-state index in [1.54, 1.807) is 23.1 Å². The number of aryl methyl sites for hydroxylation is 2. The Balaban J connectivity index is 1.96. The van der Waals surface area contributed by atoms with Crippen molar-refractivity contribution >= 4 is 23.1 Å². The number of thiazole rings is 1. The van der Waals surface area contributed by atoms with Crippen LogP contribution in [0.25, 0.3) is 11.3 Å². The summed E-state index contributed by atoms with van der Waals surface area (Å²) in [6, 6.07) is 15.0. The van der Waals surface area contributed by atoms with E-state index in [4.69, 9.17) is 0 Å². The van der Waals surface area contributed by atoms with E-state index in [-0.39, 0.29) is 0 Å². The summed E-state index contributed by atoms with van der Waals surface area (Å²) in [5, 5.41) is 2.11. The monoisotopic (exact) mass is 297 g/mol. The highest BCUT2D eigenvalue weighted by atomic mass is 32.2. The van der Waals surface area contributed by atoms with Gasteiger partial charge in [-0.3, -0.25) is 0 Å². The van der Waals surface area contributed by atoms with E-state index in [1.807, 2.05) is 11.6 Å². The van der Waals surface area contributed by atoms with Crippen molar-refractivity contribution in [1.29, 1.82) is 0 Å². The van der Waals surface area contributed by atoms with Crippen molar-refractivity contribution in [2.24, 2.45) is 0 Å². The minimum Gasteiger partial charge on any atom is -0.245 e. The number of benzene rings is 2. The molecule has 20 heavy (non-hydrogen) atoms. The lowest BCUT2D eigenvalue weighted by Crippen LogP contribution is -1.89. The molecule has 0 saturated heterocycles. The summed E-state index contributed by atoms with van der Waals surface area (Å²) in [4.78, 5) is 6.99. The van der Waals surface area contributed by atoms with E-state index >= 15 is 0 Å². The summed E-state index contributed by atoms with van der Waals surface area (Å²) >= 11 is 3.45. The molecular formula is C17H15NS2. The highest BCUT2D eigenvalue weighted by Gasteiger charge is 2.09. The number of nitrogens with zero attached hydrogens (tertiary/aromatic N) is 1. The van der Waals surface area contributed by atoms with E-state index in [1.165, 1.54) is 26.5 Å². The fourth-order valence-electron chi connectivity index (χ4n) is 2.35. The maximum Gasteiger partial charge on any atom is 0.0816 e. The molecule has 0 atom stereocenters. The first kappa shape index (κ1) is 13.4. The Morgan fingerprint density at radius 1 is 0.950 bits per heavy atom. The van der Waals surface area contributed by atoms with Crippen LogP contribution in [0.5, 0.6) is 0 Å². The van der Waals surface area contributed by atoms with Crippen LogP contribution in [0, 0.1) is 13.8 Å². The second kappa shape index (κ2) is 5.81. The van der Waals surface area contributed by atoms with Gasteiger partial charge in [0.15, 0.2) is 0 Å². The van der Waals surface area contributed by atoms with Crippen LogP contribution in [0.1, 0.15) is 11.1 Å². The van der Waals surface area contributed by atoms with E-state index in [0.717, 1.165) is 5.69 Å². The average Bonchev–Trinajstić information content (AvgIpc) is 2.93. The summed E-state index contributed by atoms with van der Waals surface area (Å²) in [6.07, 6.45) is 0. The third-order valence-electron chi connectivity index (χ3n) is 3.17. The topological polar surface area (TPSA) is 12.9 Å². The molecule has 3 aromatic rings. The van der Waals surface area contributed by atoms with Gasteiger partial charge in [0.25, 0.3) is 0 Å². The maximum absolute atomic E-state index is 4.43. The molecular weight excluding hydrogens is 282 g/mol.